The van der Waals surface area contributed by atoms with Gasteiger partial charge in [-0.3, -0.25) is 14.4 Å². The van der Waals surface area contributed by atoms with E-state index < -0.39 is 28.8 Å². The first kappa shape index (κ1) is 30.3. The van der Waals surface area contributed by atoms with Gasteiger partial charge in [-0.2, -0.15) is 0 Å². The molecule has 0 aliphatic carbocycles. The van der Waals surface area contributed by atoms with E-state index in [0.717, 1.165) is 27.8 Å². The highest BCUT2D eigenvalue weighted by molar-refractivity contribution is 8.00. The molecule has 0 saturated carbocycles. The molecule has 0 bridgehead atoms. The smallest absolute Gasteiger partial charge is 0.254 e. The molecule has 4 rings (SSSR count). The van der Waals surface area contributed by atoms with Crippen LogP contribution >= 0.6 is 11.8 Å². The molecule has 0 spiro atoms. The van der Waals surface area contributed by atoms with E-state index in [9.17, 15) is 19.5 Å². The van der Waals surface area contributed by atoms with Gasteiger partial charge in [0.25, 0.3) is 11.8 Å². The van der Waals surface area contributed by atoms with Crippen molar-refractivity contribution in [2.24, 2.45) is 0 Å². The topological polar surface area (TPSA) is 98.7 Å². The molecule has 3 aromatic carbocycles. The van der Waals surface area contributed by atoms with Gasteiger partial charge in [-0.25, -0.2) is 0 Å². The molecule has 3 aromatic rings. The van der Waals surface area contributed by atoms with Crippen LogP contribution in [0.3, 0.4) is 0 Å². The Hall–Kier alpha value is -3.62. The van der Waals surface area contributed by atoms with Crippen molar-refractivity contribution < 1.29 is 19.5 Å². The Balaban J connectivity index is 1.56. The van der Waals surface area contributed by atoms with Crippen molar-refractivity contribution in [2.75, 3.05) is 5.88 Å². The Labute approximate surface area is 246 Å². The zero-order valence-corrected chi connectivity index (χ0v) is 25.1. The zero-order chi connectivity index (χ0) is 29.7. The van der Waals surface area contributed by atoms with Crippen LogP contribution in [0, 0.1) is 20.8 Å². The summed E-state index contributed by atoms with van der Waals surface area (Å²) in [6.07, 6.45) is -1.30. The van der Waals surface area contributed by atoms with Crippen molar-refractivity contribution in [3.63, 3.8) is 0 Å². The van der Waals surface area contributed by atoms with Gasteiger partial charge in [0.2, 0.25) is 5.91 Å². The Morgan fingerprint density at radius 3 is 2.32 bits per heavy atom. The number of aryl methyl sites for hydroxylation is 2. The molecule has 3 unspecified atom stereocenters. The molecule has 3 atom stereocenters. The second-order valence-electron chi connectivity index (χ2n) is 11.2. The molecule has 0 aromatic heterocycles. The molecule has 8 heteroatoms. The third-order valence-corrected chi connectivity index (χ3v) is 9.26. The minimum absolute atomic E-state index is 0.249. The number of nitrogens with one attached hydrogen (secondary N) is 2. The van der Waals surface area contributed by atoms with Crippen LogP contribution in [0.25, 0.3) is 0 Å². The van der Waals surface area contributed by atoms with Crippen molar-refractivity contribution in [3.05, 3.63) is 106 Å². The molecule has 1 aliphatic heterocycles. The van der Waals surface area contributed by atoms with E-state index in [4.69, 9.17) is 0 Å². The molecule has 1 aliphatic rings. The van der Waals surface area contributed by atoms with Gasteiger partial charge in [-0.05, 0) is 74.9 Å². The molecular weight excluding hydrogens is 534 g/mol. The van der Waals surface area contributed by atoms with E-state index in [0.29, 0.717) is 12.1 Å². The second kappa shape index (κ2) is 12.9. The predicted molar refractivity (Wildman–Crippen MR) is 164 cm³/mol. The van der Waals surface area contributed by atoms with Crippen molar-refractivity contribution in [3.8, 4) is 0 Å². The molecule has 7 nitrogen and oxygen atoms in total. The number of benzene rings is 3. The van der Waals surface area contributed by atoms with Crippen molar-refractivity contribution >= 4 is 29.5 Å². The summed E-state index contributed by atoms with van der Waals surface area (Å²) in [5.41, 5.74) is 5.25. The summed E-state index contributed by atoms with van der Waals surface area (Å²) in [4.78, 5) is 42.2. The van der Waals surface area contributed by atoms with Crippen LogP contribution in [-0.2, 0) is 22.6 Å². The average molecular weight is 574 g/mol. The van der Waals surface area contributed by atoms with E-state index in [2.05, 4.69) is 10.6 Å². The van der Waals surface area contributed by atoms with E-state index in [1.165, 1.54) is 16.7 Å². The Morgan fingerprint density at radius 2 is 1.61 bits per heavy atom. The predicted octanol–water partition coefficient (Wildman–Crippen LogP) is 4.31. The van der Waals surface area contributed by atoms with Gasteiger partial charge in [-0.15, -0.1) is 11.8 Å². The highest BCUT2D eigenvalue weighted by Crippen LogP contribution is 2.40. The largest absolute Gasteiger partial charge is 0.381 e. The lowest BCUT2D eigenvalue weighted by Gasteiger charge is -2.33. The highest BCUT2D eigenvalue weighted by atomic mass is 32.2. The van der Waals surface area contributed by atoms with Crippen LogP contribution in [0.1, 0.15) is 52.0 Å². The number of aliphatic hydroxyl groups is 1. The fraction of sp³-hybridized carbons (Fsp3) is 0.364. The van der Waals surface area contributed by atoms with E-state index in [1.54, 1.807) is 6.07 Å². The fourth-order valence-corrected chi connectivity index (χ4v) is 6.34. The summed E-state index contributed by atoms with van der Waals surface area (Å²) in [7, 11) is 0. The maximum Gasteiger partial charge on any atom is 0.254 e. The number of amides is 3. The summed E-state index contributed by atoms with van der Waals surface area (Å²) in [6.45, 7) is 10.0. The van der Waals surface area contributed by atoms with Crippen LogP contribution in [0.4, 0.5) is 0 Å². The van der Waals surface area contributed by atoms with Gasteiger partial charge in [0.1, 0.15) is 6.04 Å². The van der Waals surface area contributed by atoms with Gasteiger partial charge in [0, 0.05) is 16.9 Å². The number of carbonyl (C=O) groups is 3. The maximum absolute atomic E-state index is 13.9. The van der Waals surface area contributed by atoms with Gasteiger partial charge >= 0.3 is 0 Å². The quantitative estimate of drug-likeness (QED) is 0.354. The molecule has 216 valence electrons. The van der Waals surface area contributed by atoms with Gasteiger partial charge in [0.05, 0.1) is 11.9 Å². The Bertz CT molecular complexity index is 1410. The molecule has 0 radical (unpaired) electrons. The summed E-state index contributed by atoms with van der Waals surface area (Å²) in [5, 5.41) is 17.4. The lowest BCUT2D eigenvalue weighted by atomic mass is 9.96. The number of thioether (sulfide) groups is 1. The Kier molecular flexibility index (Phi) is 9.56. The number of rotatable bonds is 9. The van der Waals surface area contributed by atoms with Crippen molar-refractivity contribution in [1.29, 1.82) is 0 Å². The third kappa shape index (κ3) is 7.00. The van der Waals surface area contributed by atoms with Gasteiger partial charge < -0.3 is 20.6 Å². The molecule has 3 amide bonds. The minimum Gasteiger partial charge on any atom is -0.381 e. The van der Waals surface area contributed by atoms with Crippen LogP contribution in [0.15, 0.2) is 72.8 Å². The van der Waals surface area contributed by atoms with Crippen LogP contribution < -0.4 is 10.6 Å². The molecule has 1 saturated heterocycles. The van der Waals surface area contributed by atoms with E-state index in [1.807, 2.05) is 101 Å². The number of nitrogens with zero attached hydrogens (tertiary/aromatic N) is 1. The summed E-state index contributed by atoms with van der Waals surface area (Å²) >= 11 is 1.49. The highest BCUT2D eigenvalue weighted by Gasteiger charge is 2.49. The summed E-state index contributed by atoms with van der Waals surface area (Å²) < 4.78 is -0.567. The lowest BCUT2D eigenvalue weighted by Crippen LogP contribution is -2.58. The molecular formula is C33H39N3O4S. The second-order valence-corrected chi connectivity index (χ2v) is 12.8. The standard InChI is InChI=1S/C33H39N3O4S/c1-21-13-11-17-26(23(21)3)30(38)35-27(18-24-14-7-6-8-15-24)28(37)32(40)36-20-41-33(4,5)29(36)31(39)34-19-25-16-10-9-12-22(25)2/h6-17,27-29,37H,18-20H2,1-5H3,(H,34,39)(H,35,38). The fourth-order valence-electron chi connectivity index (χ4n) is 5.20. The van der Waals surface area contributed by atoms with E-state index >= 15 is 0 Å². The van der Waals surface area contributed by atoms with Crippen molar-refractivity contribution in [1.82, 2.24) is 15.5 Å². The summed E-state index contributed by atoms with van der Waals surface area (Å²) in [6, 6.07) is 21.0. The SMILES string of the molecule is Cc1ccccc1CNC(=O)C1N(C(=O)C(O)C(Cc2ccccc2)NC(=O)c2cccc(C)c2C)CSC1(C)C. The minimum atomic E-state index is -1.55. The zero-order valence-electron chi connectivity index (χ0n) is 24.3. The monoisotopic (exact) mass is 573 g/mol. The number of hydrogen-bond donors (Lipinski definition) is 3. The number of aliphatic hydroxyl groups excluding tert-OH is 1. The number of carbonyl (C=O) groups excluding carboxylic acids is 3. The van der Waals surface area contributed by atoms with Crippen molar-refractivity contribution in [2.45, 2.75) is 70.5 Å². The van der Waals surface area contributed by atoms with Gasteiger partial charge in [0.15, 0.2) is 6.10 Å². The first-order valence-corrected chi connectivity index (χ1v) is 14.8. The maximum atomic E-state index is 13.9. The molecule has 1 fully saturated rings. The first-order chi connectivity index (χ1) is 19.5. The summed E-state index contributed by atoms with van der Waals surface area (Å²) in [5.74, 6) is -0.958. The van der Waals surface area contributed by atoms with Gasteiger partial charge in [-0.1, -0.05) is 66.7 Å². The van der Waals surface area contributed by atoms with Crippen LogP contribution in [0.2, 0.25) is 0 Å². The Morgan fingerprint density at radius 1 is 0.951 bits per heavy atom. The van der Waals surface area contributed by atoms with Crippen LogP contribution in [-0.4, -0.2) is 56.5 Å². The third-order valence-electron chi connectivity index (χ3n) is 7.89. The lowest BCUT2D eigenvalue weighted by molar-refractivity contribution is -0.147. The molecule has 41 heavy (non-hydrogen) atoms. The molecule has 3 N–H and O–H groups in total. The first-order valence-electron chi connectivity index (χ1n) is 13.9. The normalized spacial score (nSPS) is 17.5. The van der Waals surface area contributed by atoms with E-state index in [-0.39, 0.29) is 24.1 Å². The average Bonchev–Trinajstić information content (AvgIpc) is 3.28. The number of hydrogen-bond acceptors (Lipinski definition) is 5. The van der Waals surface area contributed by atoms with Crippen LogP contribution in [0.5, 0.6) is 0 Å². The molecule has 1 heterocycles.